The lowest BCUT2D eigenvalue weighted by molar-refractivity contribution is 1.37. The van der Waals surface area contributed by atoms with E-state index in [4.69, 9.17) is 0 Å². The highest BCUT2D eigenvalue weighted by molar-refractivity contribution is 6.12. The lowest BCUT2D eigenvalue weighted by Gasteiger charge is -2.15. The van der Waals surface area contributed by atoms with Gasteiger partial charge in [-0.05, 0) is 59.7 Å². The average molecular weight is 485 g/mol. The van der Waals surface area contributed by atoms with Gasteiger partial charge in [0.15, 0.2) is 0 Å². The Hall–Kier alpha value is -5.72. The lowest BCUT2D eigenvalue weighted by Crippen LogP contribution is -1.96. The second kappa shape index (κ2) is 8.44. The van der Waals surface area contributed by atoms with Crippen molar-refractivity contribution in [3.63, 3.8) is 0 Å². The maximum Gasteiger partial charge on any atom is 0.0998 e. The molecule has 38 heavy (non-hydrogen) atoms. The van der Waals surface area contributed by atoms with Crippen LogP contribution >= 0.6 is 0 Å². The third-order valence-electron chi connectivity index (χ3n) is 6.90. The summed E-state index contributed by atoms with van der Waals surface area (Å²) in [6.07, 6.45) is 6.97. The number of rotatable bonds is 2. The molecular weight excluding hydrogens is 468 g/mol. The zero-order valence-electron chi connectivity index (χ0n) is 19.9. The molecule has 4 aromatic heterocycles. The molecule has 4 heterocycles. The number of nitrogens with zero attached hydrogens (tertiary/aromatic N) is 6. The number of benzene rings is 3. The van der Waals surface area contributed by atoms with Crippen LogP contribution in [0.4, 0.5) is 0 Å². The second-order valence-corrected chi connectivity index (χ2v) is 8.96. The van der Waals surface area contributed by atoms with Crippen molar-refractivity contribution in [2.24, 2.45) is 0 Å². The Kier molecular flexibility index (Phi) is 4.79. The number of aromatic nitrogens is 4. The maximum atomic E-state index is 10.3. The summed E-state index contributed by atoms with van der Waals surface area (Å²) in [4.78, 5) is 18.3. The first-order valence-corrected chi connectivity index (χ1v) is 12.0. The highest BCUT2D eigenvalue weighted by atomic mass is 14.7. The molecule has 0 radical (unpaired) electrons. The molecule has 0 unspecified atom stereocenters. The van der Waals surface area contributed by atoms with Gasteiger partial charge in [0.1, 0.15) is 0 Å². The van der Waals surface area contributed by atoms with Crippen LogP contribution in [-0.4, -0.2) is 19.9 Å². The molecule has 0 aliphatic rings. The SMILES string of the molecule is N#Cc1cc(-c2cc3cccnc3c3ncccc23)c(C#N)cc1-c1cc2cccnc2c2ncccc12. The highest BCUT2D eigenvalue weighted by Crippen LogP contribution is 2.40. The minimum absolute atomic E-state index is 0.468. The van der Waals surface area contributed by atoms with E-state index >= 15 is 0 Å². The number of hydrogen-bond acceptors (Lipinski definition) is 6. The third-order valence-corrected chi connectivity index (χ3v) is 6.90. The van der Waals surface area contributed by atoms with Gasteiger partial charge in [-0.25, -0.2) is 0 Å². The van der Waals surface area contributed by atoms with E-state index in [0.29, 0.717) is 22.3 Å². The summed E-state index contributed by atoms with van der Waals surface area (Å²) in [6, 6.07) is 27.8. The van der Waals surface area contributed by atoms with Crippen LogP contribution in [0, 0.1) is 22.7 Å². The zero-order valence-corrected chi connectivity index (χ0v) is 19.9. The molecule has 0 aliphatic heterocycles. The summed E-state index contributed by atoms with van der Waals surface area (Å²) in [5, 5.41) is 24.2. The molecule has 3 aromatic carbocycles. The Labute approximate surface area is 217 Å². The van der Waals surface area contributed by atoms with E-state index in [-0.39, 0.29) is 0 Å². The van der Waals surface area contributed by atoms with Gasteiger partial charge in [0.25, 0.3) is 0 Å². The van der Waals surface area contributed by atoms with E-state index in [2.05, 4.69) is 32.1 Å². The van der Waals surface area contributed by atoms with Gasteiger partial charge in [0.05, 0.1) is 45.3 Å². The Morgan fingerprint density at radius 2 is 0.842 bits per heavy atom. The molecule has 174 valence electrons. The summed E-state index contributed by atoms with van der Waals surface area (Å²) in [6.45, 7) is 0. The predicted octanol–water partition coefficient (Wildman–Crippen LogP) is 6.96. The molecular formula is C32H16N6. The predicted molar refractivity (Wildman–Crippen MR) is 148 cm³/mol. The normalized spacial score (nSPS) is 11.1. The summed E-state index contributed by atoms with van der Waals surface area (Å²) in [7, 11) is 0. The van der Waals surface area contributed by atoms with E-state index in [1.54, 1.807) is 24.8 Å². The summed E-state index contributed by atoms with van der Waals surface area (Å²) in [5.41, 5.74) is 7.08. The van der Waals surface area contributed by atoms with Crippen LogP contribution in [0.5, 0.6) is 0 Å². The molecule has 6 nitrogen and oxygen atoms in total. The molecule has 0 saturated carbocycles. The monoisotopic (exact) mass is 484 g/mol. The molecule has 0 spiro atoms. The van der Waals surface area contributed by atoms with Gasteiger partial charge in [-0.3, -0.25) is 19.9 Å². The van der Waals surface area contributed by atoms with Gasteiger partial charge in [0, 0.05) is 57.5 Å². The van der Waals surface area contributed by atoms with Crippen molar-refractivity contribution in [3.05, 3.63) is 109 Å². The van der Waals surface area contributed by atoms with E-state index < -0.39 is 0 Å². The Morgan fingerprint density at radius 1 is 0.447 bits per heavy atom. The van der Waals surface area contributed by atoms with Crippen molar-refractivity contribution in [3.8, 4) is 34.4 Å². The van der Waals surface area contributed by atoms with E-state index in [1.165, 1.54) is 0 Å². The molecule has 6 heteroatoms. The largest absolute Gasteiger partial charge is 0.254 e. The summed E-state index contributed by atoms with van der Waals surface area (Å²) in [5.74, 6) is 0. The van der Waals surface area contributed by atoms with Crippen LogP contribution in [0.2, 0.25) is 0 Å². The number of hydrogen-bond donors (Lipinski definition) is 0. The number of fused-ring (bicyclic) bond motifs is 6. The van der Waals surface area contributed by atoms with Crippen molar-refractivity contribution in [2.45, 2.75) is 0 Å². The van der Waals surface area contributed by atoms with Crippen molar-refractivity contribution < 1.29 is 0 Å². The van der Waals surface area contributed by atoms with Crippen molar-refractivity contribution in [2.75, 3.05) is 0 Å². The molecule has 0 atom stereocenters. The molecule has 0 aliphatic carbocycles. The highest BCUT2D eigenvalue weighted by Gasteiger charge is 2.19. The minimum atomic E-state index is 0.468. The molecule has 0 saturated heterocycles. The zero-order chi connectivity index (χ0) is 25.6. The van der Waals surface area contributed by atoms with Gasteiger partial charge in [-0.2, -0.15) is 10.5 Å². The second-order valence-electron chi connectivity index (χ2n) is 8.96. The van der Waals surface area contributed by atoms with E-state index in [0.717, 1.165) is 54.7 Å². The topological polar surface area (TPSA) is 99.1 Å². The number of pyridine rings is 4. The van der Waals surface area contributed by atoms with Crippen LogP contribution in [-0.2, 0) is 0 Å². The molecule has 0 N–H and O–H groups in total. The van der Waals surface area contributed by atoms with Gasteiger partial charge < -0.3 is 0 Å². The van der Waals surface area contributed by atoms with E-state index in [9.17, 15) is 10.5 Å². The van der Waals surface area contributed by atoms with Crippen LogP contribution < -0.4 is 0 Å². The van der Waals surface area contributed by atoms with Crippen molar-refractivity contribution in [1.82, 2.24) is 19.9 Å². The minimum Gasteiger partial charge on any atom is -0.254 e. The first-order valence-electron chi connectivity index (χ1n) is 12.0. The molecule has 7 rings (SSSR count). The fourth-order valence-electron chi connectivity index (χ4n) is 5.23. The Morgan fingerprint density at radius 3 is 1.26 bits per heavy atom. The van der Waals surface area contributed by atoms with E-state index in [1.807, 2.05) is 72.8 Å². The summed E-state index contributed by atoms with van der Waals surface area (Å²) < 4.78 is 0. The fourth-order valence-corrected chi connectivity index (χ4v) is 5.23. The van der Waals surface area contributed by atoms with Crippen molar-refractivity contribution >= 4 is 43.6 Å². The van der Waals surface area contributed by atoms with Crippen LogP contribution in [0.25, 0.3) is 65.9 Å². The summed E-state index contributed by atoms with van der Waals surface area (Å²) >= 11 is 0. The standard InChI is InChI=1S/C32H16N6/c33-17-21-16-26(28-14-20-6-2-10-36-30(20)32-24(28)8-4-12-38-32)22(18-34)15-25(21)27-13-19-5-1-9-35-29(19)31-23(27)7-3-11-37-31/h1-16H. The van der Waals surface area contributed by atoms with Crippen LogP contribution in [0.15, 0.2) is 97.6 Å². The quantitative estimate of drug-likeness (QED) is 0.246. The third kappa shape index (κ3) is 3.19. The van der Waals surface area contributed by atoms with Gasteiger partial charge >= 0.3 is 0 Å². The maximum absolute atomic E-state index is 10.3. The van der Waals surface area contributed by atoms with Gasteiger partial charge in [-0.15, -0.1) is 0 Å². The molecule has 0 amide bonds. The first kappa shape index (κ1) is 21.6. The van der Waals surface area contributed by atoms with Crippen molar-refractivity contribution in [1.29, 1.82) is 10.5 Å². The average Bonchev–Trinajstić information content (AvgIpc) is 2.99. The van der Waals surface area contributed by atoms with Crippen LogP contribution in [0.3, 0.4) is 0 Å². The molecule has 0 fully saturated rings. The molecule has 0 bridgehead atoms. The Bertz CT molecular complexity index is 2010. The van der Waals surface area contributed by atoms with Gasteiger partial charge in [0.2, 0.25) is 0 Å². The van der Waals surface area contributed by atoms with Gasteiger partial charge in [-0.1, -0.05) is 24.3 Å². The smallest absolute Gasteiger partial charge is 0.0998 e. The van der Waals surface area contributed by atoms with Crippen LogP contribution in [0.1, 0.15) is 11.1 Å². The first-order chi connectivity index (χ1) is 18.8. The fraction of sp³-hybridized carbons (Fsp3) is 0. The number of nitriles is 2. The lowest BCUT2D eigenvalue weighted by atomic mass is 9.88. The molecule has 7 aromatic rings. The Balaban J connectivity index is 1.56.